The van der Waals surface area contributed by atoms with E-state index in [2.05, 4.69) is 120 Å². The molecule has 33 heavy (non-hydrogen) atoms. The molecule has 0 N–H and O–H groups in total. The van der Waals surface area contributed by atoms with Gasteiger partial charge in [-0.05, 0) is 47.2 Å². The number of nitrogens with zero attached hydrogens (tertiary/aromatic N) is 4. The molecule has 3 aliphatic rings. The molecule has 0 radical (unpaired) electrons. The van der Waals surface area contributed by atoms with Gasteiger partial charge in [0.05, 0.1) is 24.0 Å². The SMILES string of the molecule is Cc1cccc2c1-c1n(cc[n+]1C)B1N2c2cccc3c2N1c1c(C(C)C)cccc1C3C. The molecule has 0 saturated carbocycles. The summed E-state index contributed by atoms with van der Waals surface area (Å²) in [5, 5.41) is 0. The molecule has 4 nitrogen and oxygen atoms in total. The molecule has 0 saturated heterocycles. The first-order chi connectivity index (χ1) is 16.0. The first-order valence-electron chi connectivity index (χ1n) is 12.0. The van der Waals surface area contributed by atoms with Crippen molar-refractivity contribution in [1.29, 1.82) is 0 Å². The highest BCUT2D eigenvalue weighted by molar-refractivity contribution is 6.73. The number of benzene rings is 3. The lowest BCUT2D eigenvalue weighted by atomic mass is 9.76. The second kappa shape index (κ2) is 6.31. The Morgan fingerprint density at radius 3 is 2.36 bits per heavy atom. The third kappa shape index (κ3) is 2.20. The molecular weight excluding hydrogens is 403 g/mol. The van der Waals surface area contributed by atoms with Crippen molar-refractivity contribution in [3.05, 3.63) is 89.2 Å². The lowest BCUT2D eigenvalue weighted by Crippen LogP contribution is -2.54. The standard InChI is InChI=1S/C28H28BN4/c1-17(2)20-10-7-11-21-19(4)22-12-8-14-24-27(22)33(26(20)21)29-31-16-15-30(5)28(31)25-18(3)9-6-13-23(25)32(24)29/h6-17,19H,1-5H3/q+1. The quantitative estimate of drug-likeness (QED) is 0.271. The van der Waals surface area contributed by atoms with Crippen molar-refractivity contribution in [1.82, 2.24) is 4.48 Å². The summed E-state index contributed by atoms with van der Waals surface area (Å²) in [4.78, 5) is 5.19. The topological polar surface area (TPSA) is 15.3 Å². The van der Waals surface area contributed by atoms with E-state index in [1.807, 2.05) is 0 Å². The van der Waals surface area contributed by atoms with Crippen molar-refractivity contribution in [2.24, 2.45) is 7.05 Å². The van der Waals surface area contributed by atoms with Gasteiger partial charge in [-0.1, -0.05) is 63.2 Å². The van der Waals surface area contributed by atoms with Crippen LogP contribution in [0, 0.1) is 6.92 Å². The Morgan fingerprint density at radius 1 is 0.879 bits per heavy atom. The largest absolute Gasteiger partial charge is 0.643 e. The van der Waals surface area contributed by atoms with Gasteiger partial charge in [0.1, 0.15) is 12.4 Å². The van der Waals surface area contributed by atoms with Gasteiger partial charge < -0.3 is 9.62 Å². The van der Waals surface area contributed by atoms with Crippen LogP contribution in [-0.2, 0) is 7.05 Å². The first-order valence-corrected chi connectivity index (χ1v) is 12.0. The molecule has 7 rings (SSSR count). The van der Waals surface area contributed by atoms with Gasteiger partial charge in [-0.25, -0.2) is 4.57 Å². The second-order valence-electron chi connectivity index (χ2n) is 10.1. The van der Waals surface area contributed by atoms with E-state index in [4.69, 9.17) is 0 Å². The van der Waals surface area contributed by atoms with Gasteiger partial charge >= 0.3 is 7.12 Å². The summed E-state index contributed by atoms with van der Waals surface area (Å²) in [6.07, 6.45) is 4.45. The Bertz CT molecular complexity index is 1470. The summed E-state index contributed by atoms with van der Waals surface area (Å²) in [6, 6.07) is 20.5. The van der Waals surface area contributed by atoms with Crippen molar-refractivity contribution in [3.8, 4) is 11.4 Å². The average Bonchev–Trinajstić information content (AvgIpc) is 3.36. The predicted octanol–water partition coefficient (Wildman–Crippen LogP) is 6.01. The van der Waals surface area contributed by atoms with Crippen LogP contribution in [0.4, 0.5) is 22.7 Å². The number of fused-ring (bicyclic) bond motifs is 10. The maximum atomic E-state index is 2.63. The summed E-state index contributed by atoms with van der Waals surface area (Å²) in [6.45, 7) is 9.23. The van der Waals surface area contributed by atoms with Gasteiger partial charge in [-0.15, -0.1) is 0 Å². The van der Waals surface area contributed by atoms with E-state index in [0.29, 0.717) is 11.8 Å². The van der Waals surface area contributed by atoms with E-state index in [9.17, 15) is 0 Å². The smallest absolute Gasteiger partial charge is 0.320 e. The highest BCUT2D eigenvalue weighted by atomic mass is 15.4. The maximum Gasteiger partial charge on any atom is 0.643 e. The normalized spacial score (nSPS) is 17.0. The molecular formula is C28H28BN4+. The number of anilines is 4. The van der Waals surface area contributed by atoms with Crippen LogP contribution < -0.4 is 14.2 Å². The highest BCUT2D eigenvalue weighted by Gasteiger charge is 2.58. The minimum absolute atomic E-state index is 0.0396. The molecule has 0 bridgehead atoms. The van der Waals surface area contributed by atoms with Crippen LogP contribution in [0.3, 0.4) is 0 Å². The first kappa shape index (κ1) is 19.0. The summed E-state index contributed by atoms with van der Waals surface area (Å²) < 4.78 is 4.74. The summed E-state index contributed by atoms with van der Waals surface area (Å²) in [7, 11) is 2.20. The number of rotatable bonds is 1. The van der Waals surface area contributed by atoms with E-state index in [1.54, 1.807) is 0 Å². The van der Waals surface area contributed by atoms with E-state index in [1.165, 1.54) is 56.4 Å². The zero-order valence-electron chi connectivity index (χ0n) is 19.9. The fourth-order valence-corrected chi connectivity index (χ4v) is 6.41. The summed E-state index contributed by atoms with van der Waals surface area (Å²) in [5.74, 6) is 2.08. The van der Waals surface area contributed by atoms with Crippen LogP contribution in [-0.4, -0.2) is 11.6 Å². The van der Waals surface area contributed by atoms with Crippen molar-refractivity contribution in [2.45, 2.75) is 39.5 Å². The Morgan fingerprint density at radius 2 is 1.58 bits per heavy atom. The molecule has 3 aliphatic heterocycles. The van der Waals surface area contributed by atoms with Crippen LogP contribution >= 0.6 is 0 Å². The third-order valence-corrected chi connectivity index (χ3v) is 7.91. The van der Waals surface area contributed by atoms with Gasteiger partial charge in [0.25, 0.3) is 5.82 Å². The van der Waals surface area contributed by atoms with Crippen LogP contribution in [0.5, 0.6) is 0 Å². The minimum Gasteiger partial charge on any atom is -0.320 e. The Kier molecular flexibility index (Phi) is 3.64. The molecule has 5 heteroatoms. The number of hydrogen-bond acceptors (Lipinski definition) is 2. The fourth-order valence-electron chi connectivity index (χ4n) is 6.41. The predicted molar refractivity (Wildman–Crippen MR) is 136 cm³/mol. The van der Waals surface area contributed by atoms with Crippen molar-refractivity contribution < 1.29 is 4.57 Å². The molecule has 3 aromatic carbocycles. The van der Waals surface area contributed by atoms with Crippen molar-refractivity contribution in [2.75, 3.05) is 9.62 Å². The average molecular weight is 431 g/mol. The molecule has 162 valence electrons. The second-order valence-corrected chi connectivity index (χ2v) is 10.1. The molecule has 4 aromatic rings. The van der Waals surface area contributed by atoms with E-state index in [-0.39, 0.29) is 7.12 Å². The van der Waals surface area contributed by atoms with Crippen LogP contribution in [0.15, 0.2) is 67.0 Å². The Labute approximate surface area is 195 Å². The number of aromatic nitrogens is 2. The number of para-hydroxylation sites is 2. The maximum absolute atomic E-state index is 2.63. The molecule has 0 aliphatic carbocycles. The molecule has 0 fully saturated rings. The van der Waals surface area contributed by atoms with Crippen molar-refractivity contribution in [3.63, 3.8) is 0 Å². The van der Waals surface area contributed by atoms with Crippen LogP contribution in [0.25, 0.3) is 11.4 Å². The Hall–Kier alpha value is -3.47. The van der Waals surface area contributed by atoms with Gasteiger partial charge in [0.15, 0.2) is 0 Å². The molecule has 1 unspecified atom stereocenters. The minimum atomic E-state index is 0.0396. The molecule has 0 amide bonds. The fraction of sp³-hybridized carbons (Fsp3) is 0.250. The van der Waals surface area contributed by atoms with E-state index < -0.39 is 0 Å². The highest BCUT2D eigenvalue weighted by Crippen LogP contribution is 2.59. The third-order valence-electron chi connectivity index (χ3n) is 7.91. The lowest BCUT2D eigenvalue weighted by molar-refractivity contribution is -0.659. The zero-order valence-corrected chi connectivity index (χ0v) is 19.9. The van der Waals surface area contributed by atoms with Crippen LogP contribution in [0.2, 0.25) is 0 Å². The summed E-state index contributed by atoms with van der Waals surface area (Å²) in [5.41, 5.74) is 12.3. The van der Waals surface area contributed by atoms with Crippen LogP contribution in [0.1, 0.15) is 54.9 Å². The van der Waals surface area contributed by atoms with Gasteiger partial charge in [-0.2, -0.15) is 0 Å². The number of imidazole rings is 1. The number of aryl methyl sites for hydroxylation is 2. The summed E-state index contributed by atoms with van der Waals surface area (Å²) >= 11 is 0. The van der Waals surface area contributed by atoms with Gasteiger partial charge in [0.2, 0.25) is 0 Å². The van der Waals surface area contributed by atoms with Gasteiger partial charge in [-0.3, -0.25) is 4.48 Å². The van der Waals surface area contributed by atoms with E-state index in [0.717, 1.165) is 0 Å². The lowest BCUT2D eigenvalue weighted by Gasteiger charge is -2.37. The van der Waals surface area contributed by atoms with Gasteiger partial charge in [0, 0.05) is 17.3 Å². The molecule has 1 aromatic heterocycles. The van der Waals surface area contributed by atoms with E-state index >= 15 is 0 Å². The van der Waals surface area contributed by atoms with Crippen molar-refractivity contribution >= 4 is 29.9 Å². The molecule has 4 heterocycles. The monoisotopic (exact) mass is 431 g/mol. The molecule has 0 spiro atoms. The zero-order chi connectivity index (χ0) is 22.6. The molecule has 1 atom stereocenters. The number of hydrogen-bond donors (Lipinski definition) is 0. The Balaban J connectivity index is 1.62.